The molecule has 8 heteroatoms. The minimum Gasteiger partial charge on any atom is -0.311 e. The molecule has 0 bridgehead atoms. The molecule has 0 N–H and O–H groups in total. The first-order chi connectivity index (χ1) is 12.3. The zero-order valence-corrected chi connectivity index (χ0v) is 16.0. The number of nitrogens with zero attached hydrogens (tertiary/aromatic N) is 3. The van der Waals surface area contributed by atoms with Crippen molar-refractivity contribution >= 4 is 44.7 Å². The number of para-hydroxylation sites is 1. The van der Waals surface area contributed by atoms with E-state index < -0.39 is 9.84 Å². The first-order valence-electron chi connectivity index (χ1n) is 8.32. The number of hydrogen-bond donors (Lipinski definition) is 0. The summed E-state index contributed by atoms with van der Waals surface area (Å²) in [5, 5.41) is 4.82. The number of fused-ring (bicyclic) bond motifs is 1. The van der Waals surface area contributed by atoms with E-state index >= 15 is 0 Å². The quantitative estimate of drug-likeness (QED) is 0.738. The minimum atomic E-state index is -3.04. The number of anilines is 1. The highest BCUT2D eigenvalue weighted by Gasteiger charge is 2.33. The Kier molecular flexibility index (Phi) is 3.96. The number of aromatic nitrogens is 2. The summed E-state index contributed by atoms with van der Waals surface area (Å²) in [4.78, 5) is 14.3. The van der Waals surface area contributed by atoms with Gasteiger partial charge in [-0.25, -0.2) is 13.1 Å². The van der Waals surface area contributed by atoms with Gasteiger partial charge in [-0.15, -0.1) is 0 Å². The van der Waals surface area contributed by atoms with Gasteiger partial charge in [-0.2, -0.15) is 5.10 Å². The van der Waals surface area contributed by atoms with E-state index in [0.29, 0.717) is 28.4 Å². The smallest absolute Gasteiger partial charge is 0.258 e. The van der Waals surface area contributed by atoms with Crippen LogP contribution in [-0.4, -0.2) is 42.7 Å². The van der Waals surface area contributed by atoms with Crippen molar-refractivity contribution in [1.29, 1.82) is 0 Å². The SMILES string of the molecule is Cc1nn([C@H]2CCS(=O)(=O)C2)c(Cl)c1/C=C1\C(=O)N(C)c2ccccc21. The number of sulfone groups is 1. The Balaban J connectivity index is 1.78. The van der Waals surface area contributed by atoms with Gasteiger partial charge in [0.1, 0.15) is 5.15 Å². The topological polar surface area (TPSA) is 72.3 Å². The molecule has 0 spiro atoms. The molecule has 26 heavy (non-hydrogen) atoms. The monoisotopic (exact) mass is 391 g/mol. The molecule has 2 aromatic rings. The third-order valence-electron chi connectivity index (χ3n) is 5.00. The molecule has 0 aliphatic carbocycles. The maximum absolute atomic E-state index is 12.6. The number of rotatable bonds is 2. The van der Waals surface area contributed by atoms with Gasteiger partial charge in [0.15, 0.2) is 9.84 Å². The Hall–Kier alpha value is -2.12. The van der Waals surface area contributed by atoms with Crippen LogP contribution in [0.4, 0.5) is 5.69 Å². The number of carbonyl (C=O) groups excluding carboxylic acids is 1. The molecule has 6 nitrogen and oxygen atoms in total. The fourth-order valence-electron chi connectivity index (χ4n) is 3.59. The minimum absolute atomic E-state index is 0.0500. The standard InChI is InChI=1S/C18H18ClN3O3S/c1-11-14(17(19)22(20-11)12-7-8-26(24,25)10-12)9-15-13-5-3-4-6-16(13)21(2)18(15)23/h3-6,9,12H,7-8,10H2,1-2H3/b15-9-/t12-/m0/s1. The number of halogens is 1. The van der Waals surface area contributed by atoms with Gasteiger partial charge in [0.05, 0.1) is 28.9 Å². The van der Waals surface area contributed by atoms with Crippen molar-refractivity contribution in [3.63, 3.8) is 0 Å². The van der Waals surface area contributed by atoms with Crippen LogP contribution < -0.4 is 4.90 Å². The van der Waals surface area contributed by atoms with Crippen molar-refractivity contribution in [2.24, 2.45) is 0 Å². The molecule has 2 aliphatic heterocycles. The molecule has 1 amide bonds. The third kappa shape index (κ3) is 2.66. The van der Waals surface area contributed by atoms with Crippen LogP contribution >= 0.6 is 11.6 Å². The molecule has 0 radical (unpaired) electrons. The Labute approximate surface area is 157 Å². The Morgan fingerprint density at radius 2 is 2.04 bits per heavy atom. The van der Waals surface area contributed by atoms with Crippen LogP contribution in [0.1, 0.15) is 29.3 Å². The molecule has 1 fully saturated rings. The van der Waals surface area contributed by atoms with Crippen LogP contribution in [-0.2, 0) is 14.6 Å². The zero-order valence-electron chi connectivity index (χ0n) is 14.4. The predicted molar refractivity (Wildman–Crippen MR) is 102 cm³/mol. The van der Waals surface area contributed by atoms with E-state index in [-0.39, 0.29) is 23.5 Å². The van der Waals surface area contributed by atoms with Crippen LogP contribution in [0.5, 0.6) is 0 Å². The maximum Gasteiger partial charge on any atom is 0.258 e. The lowest BCUT2D eigenvalue weighted by Gasteiger charge is -2.09. The lowest BCUT2D eigenvalue weighted by molar-refractivity contribution is -0.112. The van der Waals surface area contributed by atoms with Gasteiger partial charge < -0.3 is 4.90 Å². The first-order valence-corrected chi connectivity index (χ1v) is 10.5. The molecule has 0 saturated carbocycles. The summed E-state index contributed by atoms with van der Waals surface area (Å²) in [6.45, 7) is 1.81. The molecule has 2 aliphatic rings. The number of carbonyl (C=O) groups is 1. The second kappa shape index (κ2) is 5.96. The van der Waals surface area contributed by atoms with Crippen molar-refractivity contribution < 1.29 is 13.2 Å². The van der Waals surface area contributed by atoms with Gasteiger partial charge in [0.25, 0.3) is 5.91 Å². The summed E-state index contributed by atoms with van der Waals surface area (Å²) in [7, 11) is -1.30. The Morgan fingerprint density at radius 1 is 1.31 bits per heavy atom. The van der Waals surface area contributed by atoms with Crippen LogP contribution in [0, 0.1) is 6.92 Å². The van der Waals surface area contributed by atoms with Gasteiger partial charge in [0, 0.05) is 23.7 Å². The van der Waals surface area contributed by atoms with Crippen molar-refractivity contribution in [1.82, 2.24) is 9.78 Å². The second-order valence-corrected chi connectivity index (χ2v) is 9.32. The largest absolute Gasteiger partial charge is 0.311 e. The average molecular weight is 392 g/mol. The maximum atomic E-state index is 12.6. The van der Waals surface area contributed by atoms with E-state index in [2.05, 4.69) is 5.10 Å². The van der Waals surface area contributed by atoms with E-state index in [1.165, 1.54) is 0 Å². The molecule has 1 aromatic carbocycles. The number of aryl methyl sites for hydroxylation is 1. The molecule has 0 unspecified atom stereocenters. The van der Waals surface area contributed by atoms with Crippen molar-refractivity contribution in [2.45, 2.75) is 19.4 Å². The van der Waals surface area contributed by atoms with Gasteiger partial charge in [-0.05, 0) is 25.5 Å². The van der Waals surface area contributed by atoms with E-state index in [0.717, 1.165) is 11.3 Å². The highest BCUT2D eigenvalue weighted by atomic mass is 35.5. The lowest BCUT2D eigenvalue weighted by atomic mass is 10.0. The molecule has 136 valence electrons. The fourth-order valence-corrected chi connectivity index (χ4v) is 5.65. The van der Waals surface area contributed by atoms with Crippen molar-refractivity contribution in [2.75, 3.05) is 23.5 Å². The van der Waals surface area contributed by atoms with Crippen LogP contribution in [0.25, 0.3) is 11.6 Å². The van der Waals surface area contributed by atoms with Crippen LogP contribution in [0.3, 0.4) is 0 Å². The third-order valence-corrected chi connectivity index (χ3v) is 7.13. The van der Waals surface area contributed by atoms with Gasteiger partial charge in [0.2, 0.25) is 0 Å². The Morgan fingerprint density at radius 3 is 2.73 bits per heavy atom. The van der Waals surface area contributed by atoms with Crippen molar-refractivity contribution in [3.8, 4) is 0 Å². The molecule has 1 aromatic heterocycles. The number of hydrogen-bond acceptors (Lipinski definition) is 4. The van der Waals surface area contributed by atoms with Crippen molar-refractivity contribution in [3.05, 3.63) is 46.2 Å². The number of benzene rings is 1. The molecule has 3 heterocycles. The lowest BCUT2D eigenvalue weighted by Crippen LogP contribution is -2.20. The Bertz CT molecular complexity index is 1060. The van der Waals surface area contributed by atoms with Gasteiger partial charge in [-0.3, -0.25) is 4.79 Å². The van der Waals surface area contributed by atoms with Crippen LogP contribution in [0.15, 0.2) is 24.3 Å². The van der Waals surface area contributed by atoms with E-state index in [4.69, 9.17) is 11.6 Å². The summed E-state index contributed by atoms with van der Waals surface area (Å²) in [5.74, 6) is 0.104. The fraction of sp³-hybridized carbons (Fsp3) is 0.333. The normalized spacial score (nSPS) is 23.0. The van der Waals surface area contributed by atoms with Gasteiger partial charge >= 0.3 is 0 Å². The molecular weight excluding hydrogens is 374 g/mol. The van der Waals surface area contributed by atoms with Crippen LogP contribution in [0.2, 0.25) is 5.15 Å². The summed E-state index contributed by atoms with van der Waals surface area (Å²) < 4.78 is 25.1. The van der Waals surface area contributed by atoms with E-state index in [1.807, 2.05) is 31.2 Å². The zero-order chi connectivity index (χ0) is 18.6. The predicted octanol–water partition coefficient (Wildman–Crippen LogP) is 2.72. The molecular formula is C18H18ClN3O3S. The molecule has 4 rings (SSSR count). The summed E-state index contributed by atoms with van der Waals surface area (Å²) >= 11 is 6.53. The highest BCUT2D eigenvalue weighted by Crippen LogP contribution is 2.38. The first kappa shape index (κ1) is 17.3. The summed E-state index contributed by atoms with van der Waals surface area (Å²) in [6, 6.07) is 7.32. The summed E-state index contributed by atoms with van der Waals surface area (Å²) in [5.41, 5.74) is 3.60. The van der Waals surface area contributed by atoms with Gasteiger partial charge in [-0.1, -0.05) is 29.8 Å². The highest BCUT2D eigenvalue weighted by molar-refractivity contribution is 7.91. The summed E-state index contributed by atoms with van der Waals surface area (Å²) in [6.07, 6.45) is 2.26. The second-order valence-electron chi connectivity index (χ2n) is 6.73. The molecule has 1 atom stereocenters. The molecule has 1 saturated heterocycles. The van der Waals surface area contributed by atoms with E-state index in [1.54, 1.807) is 22.7 Å². The number of amides is 1. The number of likely N-dealkylation sites (N-methyl/N-ethyl adjacent to an activating group) is 1. The van der Waals surface area contributed by atoms with E-state index in [9.17, 15) is 13.2 Å². The average Bonchev–Trinajstić information content (AvgIpc) is 3.18.